The fourth-order valence-corrected chi connectivity index (χ4v) is 1.37. The minimum atomic E-state index is -0.482. The number of halogens is 2. The van der Waals surface area contributed by atoms with Gasteiger partial charge in [-0.05, 0) is 24.6 Å². The minimum absolute atomic E-state index is 0.0207. The van der Waals surface area contributed by atoms with Crippen molar-refractivity contribution in [2.45, 2.75) is 12.5 Å². The molecule has 1 rings (SSSR count). The van der Waals surface area contributed by atoms with Crippen LogP contribution in [0.25, 0.3) is 0 Å². The largest absolute Gasteiger partial charge is 0.396 e. The van der Waals surface area contributed by atoms with Crippen molar-refractivity contribution in [3.63, 3.8) is 0 Å². The Balaban J connectivity index is 2.66. The molecule has 0 aromatic heterocycles. The Morgan fingerprint density at radius 3 is 2.67 bits per heavy atom. The van der Waals surface area contributed by atoms with E-state index in [2.05, 4.69) is 5.32 Å². The number of nitrogens with one attached hydrogen (secondary N) is 1. The Bertz CT molecular complexity index is 322. The molecule has 0 amide bonds. The topological polar surface area (TPSA) is 52.5 Å². The number of rotatable bonds is 5. The van der Waals surface area contributed by atoms with Crippen LogP contribution in [0.2, 0.25) is 5.02 Å². The summed E-state index contributed by atoms with van der Waals surface area (Å²) in [4.78, 5) is 0. The van der Waals surface area contributed by atoms with Gasteiger partial charge < -0.3 is 15.5 Å². The van der Waals surface area contributed by atoms with E-state index < -0.39 is 5.82 Å². The van der Waals surface area contributed by atoms with E-state index in [0.717, 1.165) is 0 Å². The zero-order valence-electron chi connectivity index (χ0n) is 8.08. The monoisotopic (exact) mass is 233 g/mol. The molecule has 5 heteroatoms. The first kappa shape index (κ1) is 12.2. The number of benzene rings is 1. The summed E-state index contributed by atoms with van der Waals surface area (Å²) < 4.78 is 12.8. The van der Waals surface area contributed by atoms with Crippen molar-refractivity contribution in [2.75, 3.05) is 18.5 Å². The molecule has 0 saturated heterocycles. The second-order valence-corrected chi connectivity index (χ2v) is 3.57. The molecule has 0 fully saturated rings. The average Bonchev–Trinajstić information content (AvgIpc) is 2.23. The maximum absolute atomic E-state index is 12.8. The van der Waals surface area contributed by atoms with Gasteiger partial charge in [0.05, 0.1) is 17.7 Å². The summed E-state index contributed by atoms with van der Waals surface area (Å²) in [5.41, 5.74) is 0.619. The van der Waals surface area contributed by atoms with Crippen LogP contribution in [-0.4, -0.2) is 29.5 Å². The fourth-order valence-electron chi connectivity index (χ4n) is 1.19. The van der Waals surface area contributed by atoms with Crippen LogP contribution in [0.5, 0.6) is 0 Å². The van der Waals surface area contributed by atoms with Crippen LogP contribution in [0, 0.1) is 5.82 Å². The Morgan fingerprint density at radius 2 is 2.13 bits per heavy atom. The van der Waals surface area contributed by atoms with Crippen LogP contribution >= 0.6 is 11.6 Å². The average molecular weight is 234 g/mol. The lowest BCUT2D eigenvalue weighted by Gasteiger charge is -2.16. The molecule has 1 aromatic rings. The van der Waals surface area contributed by atoms with Gasteiger partial charge in [0.1, 0.15) is 5.82 Å². The molecule has 3 nitrogen and oxygen atoms in total. The third-order valence-electron chi connectivity index (χ3n) is 1.99. The maximum Gasteiger partial charge on any atom is 0.141 e. The minimum Gasteiger partial charge on any atom is -0.396 e. The molecule has 0 heterocycles. The number of aliphatic hydroxyl groups is 2. The molecule has 1 unspecified atom stereocenters. The number of hydrogen-bond acceptors (Lipinski definition) is 3. The van der Waals surface area contributed by atoms with E-state index in [1.807, 2.05) is 0 Å². The van der Waals surface area contributed by atoms with E-state index in [0.29, 0.717) is 12.1 Å². The molecule has 1 aromatic carbocycles. The summed E-state index contributed by atoms with van der Waals surface area (Å²) in [6.45, 7) is -0.122. The van der Waals surface area contributed by atoms with Crippen LogP contribution < -0.4 is 5.32 Å². The van der Waals surface area contributed by atoms with Gasteiger partial charge in [-0.25, -0.2) is 4.39 Å². The summed E-state index contributed by atoms with van der Waals surface area (Å²) in [5.74, 6) is -0.482. The molecule has 0 aliphatic heterocycles. The standard InChI is InChI=1S/C10H13ClFNO2/c11-9-5-7(1-2-10(9)12)13-8(6-15)3-4-14/h1-2,5,8,13-15H,3-4,6H2. The van der Waals surface area contributed by atoms with Crippen molar-refractivity contribution in [3.05, 3.63) is 29.0 Å². The summed E-state index contributed by atoms with van der Waals surface area (Å²) in [6, 6.07) is 3.97. The quantitative estimate of drug-likeness (QED) is 0.725. The molecule has 0 aliphatic rings. The van der Waals surface area contributed by atoms with Gasteiger partial charge in [-0.1, -0.05) is 11.6 Å². The van der Waals surface area contributed by atoms with E-state index in [1.165, 1.54) is 18.2 Å². The van der Waals surface area contributed by atoms with Gasteiger partial charge in [0.15, 0.2) is 0 Å². The van der Waals surface area contributed by atoms with Crippen LogP contribution in [-0.2, 0) is 0 Å². The van der Waals surface area contributed by atoms with Gasteiger partial charge in [-0.15, -0.1) is 0 Å². The van der Waals surface area contributed by atoms with E-state index in [4.69, 9.17) is 21.8 Å². The summed E-state index contributed by atoms with van der Waals surface area (Å²) in [6.07, 6.45) is 0.422. The van der Waals surface area contributed by atoms with Crippen molar-refractivity contribution < 1.29 is 14.6 Å². The van der Waals surface area contributed by atoms with Gasteiger partial charge in [0.25, 0.3) is 0 Å². The highest BCUT2D eigenvalue weighted by atomic mass is 35.5. The Kier molecular flexibility index (Phi) is 4.81. The van der Waals surface area contributed by atoms with Crippen molar-refractivity contribution in [1.82, 2.24) is 0 Å². The first-order valence-corrected chi connectivity index (χ1v) is 4.98. The first-order chi connectivity index (χ1) is 7.17. The lowest BCUT2D eigenvalue weighted by Crippen LogP contribution is -2.24. The molecule has 0 radical (unpaired) electrons. The lowest BCUT2D eigenvalue weighted by atomic mass is 10.2. The molecular formula is C10H13ClFNO2. The van der Waals surface area contributed by atoms with Crippen molar-refractivity contribution >= 4 is 17.3 Å². The smallest absolute Gasteiger partial charge is 0.141 e. The molecular weight excluding hydrogens is 221 g/mol. The second kappa shape index (κ2) is 5.90. The molecule has 3 N–H and O–H groups in total. The SMILES string of the molecule is OCCC(CO)Nc1ccc(F)c(Cl)c1. The Labute approximate surface area is 92.5 Å². The zero-order chi connectivity index (χ0) is 11.3. The summed E-state index contributed by atoms with van der Waals surface area (Å²) >= 11 is 5.59. The molecule has 0 spiro atoms. The predicted octanol–water partition coefficient (Wildman–Crippen LogP) is 1.63. The number of hydrogen-bond donors (Lipinski definition) is 3. The van der Waals surface area contributed by atoms with Crippen molar-refractivity contribution in [2.24, 2.45) is 0 Å². The van der Waals surface area contributed by atoms with Crippen LogP contribution in [0.1, 0.15) is 6.42 Å². The van der Waals surface area contributed by atoms with E-state index in [1.54, 1.807) is 0 Å². The molecule has 1 atom stereocenters. The second-order valence-electron chi connectivity index (χ2n) is 3.17. The van der Waals surface area contributed by atoms with Gasteiger partial charge in [-0.2, -0.15) is 0 Å². The lowest BCUT2D eigenvalue weighted by molar-refractivity contribution is 0.229. The highest BCUT2D eigenvalue weighted by Gasteiger charge is 2.07. The van der Waals surface area contributed by atoms with Gasteiger partial charge in [-0.3, -0.25) is 0 Å². The normalized spacial score (nSPS) is 12.5. The van der Waals surface area contributed by atoms with Crippen molar-refractivity contribution in [1.29, 1.82) is 0 Å². The predicted molar refractivity (Wildman–Crippen MR) is 57.6 cm³/mol. The first-order valence-electron chi connectivity index (χ1n) is 4.60. The summed E-state index contributed by atoms with van der Waals surface area (Å²) in [5, 5.41) is 20.6. The van der Waals surface area contributed by atoms with E-state index in [9.17, 15) is 4.39 Å². The zero-order valence-corrected chi connectivity index (χ0v) is 8.84. The van der Waals surface area contributed by atoms with Crippen LogP contribution in [0.3, 0.4) is 0 Å². The molecule has 84 valence electrons. The third kappa shape index (κ3) is 3.66. The van der Waals surface area contributed by atoms with E-state index in [-0.39, 0.29) is 24.3 Å². The van der Waals surface area contributed by atoms with Gasteiger partial charge >= 0.3 is 0 Å². The maximum atomic E-state index is 12.8. The van der Waals surface area contributed by atoms with Crippen LogP contribution in [0.15, 0.2) is 18.2 Å². The highest BCUT2D eigenvalue weighted by molar-refractivity contribution is 6.31. The van der Waals surface area contributed by atoms with Crippen LogP contribution in [0.4, 0.5) is 10.1 Å². The van der Waals surface area contributed by atoms with Crippen molar-refractivity contribution in [3.8, 4) is 0 Å². The Morgan fingerprint density at radius 1 is 1.40 bits per heavy atom. The van der Waals surface area contributed by atoms with E-state index >= 15 is 0 Å². The third-order valence-corrected chi connectivity index (χ3v) is 2.28. The summed E-state index contributed by atoms with van der Waals surface area (Å²) in [7, 11) is 0. The van der Waals surface area contributed by atoms with Gasteiger partial charge in [0, 0.05) is 12.3 Å². The fraction of sp³-hybridized carbons (Fsp3) is 0.400. The Hall–Kier alpha value is -0.840. The number of anilines is 1. The molecule has 0 saturated carbocycles. The number of aliphatic hydroxyl groups excluding tert-OH is 2. The van der Waals surface area contributed by atoms with Gasteiger partial charge in [0.2, 0.25) is 0 Å². The highest BCUT2D eigenvalue weighted by Crippen LogP contribution is 2.20. The molecule has 0 aliphatic carbocycles. The molecule has 15 heavy (non-hydrogen) atoms. The molecule has 0 bridgehead atoms.